The number of hydrogen-bond acceptors (Lipinski definition) is 6. The molecule has 0 radical (unpaired) electrons. The molecule has 1 N–H and O–H groups in total. The lowest BCUT2D eigenvalue weighted by atomic mass is 10.2. The fourth-order valence-electron chi connectivity index (χ4n) is 2.86. The zero-order valence-electron chi connectivity index (χ0n) is 15.4. The highest BCUT2D eigenvalue weighted by molar-refractivity contribution is 7.19. The smallest absolute Gasteiger partial charge is 0.266 e. The van der Waals surface area contributed by atoms with Gasteiger partial charge in [0.2, 0.25) is 0 Å². The zero-order chi connectivity index (χ0) is 19.5. The van der Waals surface area contributed by atoms with Crippen LogP contribution in [0, 0.1) is 0 Å². The molecule has 0 atom stereocenters. The number of H-pyrrole nitrogens is 1. The summed E-state index contributed by atoms with van der Waals surface area (Å²) in [6.07, 6.45) is 3.72. The maximum Gasteiger partial charge on any atom is 0.266 e. The highest BCUT2D eigenvalue weighted by Crippen LogP contribution is 2.31. The van der Waals surface area contributed by atoms with Crippen LogP contribution in [0.15, 0.2) is 47.3 Å². The van der Waals surface area contributed by atoms with Crippen molar-refractivity contribution in [1.82, 2.24) is 9.97 Å². The van der Waals surface area contributed by atoms with Crippen molar-refractivity contribution < 1.29 is 9.47 Å². The Hall–Kier alpha value is -2.90. The van der Waals surface area contributed by atoms with Gasteiger partial charge in [-0.15, -0.1) is 22.7 Å². The SMILES string of the molecule is CCOc1cccc(/C=c2\s/c(=C\c3nc4ccccc4s3)[nH]c2=O)c1OC. The highest BCUT2D eigenvalue weighted by atomic mass is 32.1. The number of aromatic nitrogens is 2. The molecule has 0 amide bonds. The van der Waals surface area contributed by atoms with E-state index < -0.39 is 0 Å². The number of aromatic amines is 1. The van der Waals surface area contributed by atoms with Crippen molar-refractivity contribution in [3.8, 4) is 11.5 Å². The molecule has 0 spiro atoms. The van der Waals surface area contributed by atoms with Crippen molar-refractivity contribution in [2.45, 2.75) is 6.92 Å². The molecule has 0 unspecified atom stereocenters. The lowest BCUT2D eigenvalue weighted by Gasteiger charge is -2.11. The van der Waals surface area contributed by atoms with Gasteiger partial charge < -0.3 is 14.5 Å². The summed E-state index contributed by atoms with van der Waals surface area (Å²) in [4.78, 5) is 19.9. The van der Waals surface area contributed by atoms with E-state index >= 15 is 0 Å². The largest absolute Gasteiger partial charge is 0.492 e. The average molecular weight is 411 g/mol. The van der Waals surface area contributed by atoms with Crippen LogP contribution < -0.4 is 24.2 Å². The number of fused-ring (bicyclic) bond motifs is 1. The highest BCUT2D eigenvalue weighted by Gasteiger charge is 2.09. The van der Waals surface area contributed by atoms with Crippen LogP contribution in [0.3, 0.4) is 0 Å². The molecule has 4 aromatic rings. The van der Waals surface area contributed by atoms with Gasteiger partial charge in [0.05, 0.1) is 33.1 Å². The summed E-state index contributed by atoms with van der Waals surface area (Å²) in [5.74, 6) is 1.28. The van der Waals surface area contributed by atoms with Crippen molar-refractivity contribution in [2.75, 3.05) is 13.7 Å². The van der Waals surface area contributed by atoms with Crippen LogP contribution in [-0.2, 0) is 0 Å². The van der Waals surface area contributed by atoms with Crippen molar-refractivity contribution in [2.24, 2.45) is 0 Å². The molecule has 0 aliphatic carbocycles. The molecular weight excluding hydrogens is 392 g/mol. The number of ether oxygens (including phenoxy) is 2. The second-order valence-corrected chi connectivity index (χ2v) is 8.05. The Morgan fingerprint density at radius 1 is 1.11 bits per heavy atom. The Kier molecular flexibility index (Phi) is 5.27. The van der Waals surface area contributed by atoms with Gasteiger partial charge in [-0.25, -0.2) is 4.98 Å². The van der Waals surface area contributed by atoms with E-state index in [4.69, 9.17) is 9.47 Å². The first-order valence-corrected chi connectivity index (χ1v) is 10.4. The molecule has 4 rings (SSSR count). The van der Waals surface area contributed by atoms with Gasteiger partial charge in [0.25, 0.3) is 5.56 Å². The summed E-state index contributed by atoms with van der Waals surface area (Å²) < 4.78 is 13.6. The van der Waals surface area contributed by atoms with E-state index in [1.807, 2.05) is 61.5 Å². The van der Waals surface area contributed by atoms with Gasteiger partial charge >= 0.3 is 0 Å². The Labute approximate surface area is 169 Å². The molecule has 142 valence electrons. The minimum Gasteiger partial charge on any atom is -0.492 e. The number of benzene rings is 2. The van der Waals surface area contributed by atoms with Crippen molar-refractivity contribution in [3.63, 3.8) is 0 Å². The quantitative estimate of drug-likeness (QED) is 0.549. The standard InChI is InChI=1S/C21H18N2O3S2/c1-3-26-15-9-6-7-13(20(15)25-2)11-17-21(24)23-19(28-17)12-18-22-14-8-4-5-10-16(14)27-18/h4-12H,3H2,1-2H3,(H,23,24)/b17-11-,19-12-. The Morgan fingerprint density at radius 2 is 1.96 bits per heavy atom. The second-order valence-electron chi connectivity index (χ2n) is 5.90. The van der Waals surface area contributed by atoms with Crippen LogP contribution in [-0.4, -0.2) is 23.7 Å². The Morgan fingerprint density at radius 3 is 2.75 bits per heavy atom. The number of para-hydroxylation sites is 2. The summed E-state index contributed by atoms with van der Waals surface area (Å²) in [7, 11) is 1.60. The monoisotopic (exact) mass is 410 g/mol. The van der Waals surface area contributed by atoms with E-state index in [0.717, 1.165) is 25.5 Å². The third kappa shape index (κ3) is 3.72. The predicted octanol–water partition coefficient (Wildman–Crippen LogP) is 3.11. The second kappa shape index (κ2) is 8.00. The Balaban J connectivity index is 1.78. The van der Waals surface area contributed by atoms with Crippen molar-refractivity contribution in [3.05, 3.63) is 72.6 Å². The minimum absolute atomic E-state index is 0.138. The topological polar surface area (TPSA) is 64.2 Å². The predicted molar refractivity (Wildman–Crippen MR) is 115 cm³/mol. The molecule has 0 fully saturated rings. The summed E-state index contributed by atoms with van der Waals surface area (Å²) in [5, 5.41) is 0.862. The van der Waals surface area contributed by atoms with Crippen LogP contribution in [0.2, 0.25) is 0 Å². The average Bonchev–Trinajstić information content (AvgIpc) is 3.25. The molecular formula is C21H18N2O3S2. The zero-order valence-corrected chi connectivity index (χ0v) is 17.0. The van der Waals surface area contributed by atoms with Gasteiger partial charge in [0, 0.05) is 11.6 Å². The first-order valence-electron chi connectivity index (χ1n) is 8.76. The lowest BCUT2D eigenvalue weighted by Crippen LogP contribution is -2.19. The van der Waals surface area contributed by atoms with Crippen LogP contribution in [0.4, 0.5) is 0 Å². The number of nitrogens with one attached hydrogen (secondary N) is 1. The van der Waals surface area contributed by atoms with Gasteiger partial charge in [0.1, 0.15) is 5.01 Å². The number of thiazole rings is 2. The maximum absolute atomic E-state index is 12.4. The number of methoxy groups -OCH3 is 1. The van der Waals surface area contributed by atoms with E-state index in [-0.39, 0.29) is 5.56 Å². The van der Waals surface area contributed by atoms with Gasteiger partial charge in [-0.1, -0.05) is 24.3 Å². The molecule has 2 heterocycles. The third-order valence-corrected chi connectivity index (χ3v) is 5.99. The van der Waals surface area contributed by atoms with Gasteiger partial charge in [-0.05, 0) is 31.2 Å². The molecule has 0 bridgehead atoms. The number of hydrogen-bond donors (Lipinski definition) is 1. The van der Waals surface area contributed by atoms with Gasteiger partial charge in [-0.2, -0.15) is 0 Å². The van der Waals surface area contributed by atoms with E-state index in [2.05, 4.69) is 9.97 Å². The molecule has 28 heavy (non-hydrogen) atoms. The Bertz CT molecular complexity index is 1270. The minimum atomic E-state index is -0.138. The molecule has 2 aromatic heterocycles. The van der Waals surface area contributed by atoms with E-state index in [1.54, 1.807) is 18.4 Å². The van der Waals surface area contributed by atoms with E-state index in [1.165, 1.54) is 11.3 Å². The molecule has 0 aliphatic rings. The number of nitrogens with zero attached hydrogens (tertiary/aromatic N) is 1. The van der Waals surface area contributed by atoms with Crippen LogP contribution in [0.25, 0.3) is 22.4 Å². The third-order valence-electron chi connectivity index (χ3n) is 4.05. The summed E-state index contributed by atoms with van der Waals surface area (Å²) >= 11 is 2.98. The molecule has 0 saturated heterocycles. The molecule has 0 aliphatic heterocycles. The molecule has 7 heteroatoms. The molecule has 5 nitrogen and oxygen atoms in total. The lowest BCUT2D eigenvalue weighted by molar-refractivity contribution is 0.310. The fraction of sp³-hybridized carbons (Fsp3) is 0.143. The van der Waals surface area contributed by atoms with Crippen LogP contribution >= 0.6 is 22.7 Å². The summed E-state index contributed by atoms with van der Waals surface area (Å²) in [6, 6.07) is 13.6. The maximum atomic E-state index is 12.4. The molecule has 2 aromatic carbocycles. The first-order chi connectivity index (χ1) is 13.7. The summed E-state index contributed by atoms with van der Waals surface area (Å²) in [5.41, 5.74) is 1.62. The fourth-order valence-corrected chi connectivity index (χ4v) is 4.73. The normalized spacial score (nSPS) is 12.6. The van der Waals surface area contributed by atoms with E-state index in [9.17, 15) is 4.79 Å². The van der Waals surface area contributed by atoms with Crippen molar-refractivity contribution in [1.29, 1.82) is 0 Å². The van der Waals surface area contributed by atoms with Crippen LogP contribution in [0.1, 0.15) is 17.5 Å². The van der Waals surface area contributed by atoms with Crippen LogP contribution in [0.5, 0.6) is 11.5 Å². The first kappa shape index (κ1) is 18.5. The molecule has 0 saturated carbocycles. The number of rotatable bonds is 5. The summed E-state index contributed by atoms with van der Waals surface area (Å²) in [6.45, 7) is 2.46. The van der Waals surface area contributed by atoms with Crippen molar-refractivity contribution >= 4 is 45.0 Å². The van der Waals surface area contributed by atoms with Gasteiger partial charge in [-0.3, -0.25) is 4.79 Å². The van der Waals surface area contributed by atoms with Gasteiger partial charge in [0.15, 0.2) is 11.5 Å². The van der Waals surface area contributed by atoms with E-state index in [0.29, 0.717) is 22.6 Å².